The third-order valence-corrected chi connectivity index (χ3v) is 3.64. The van der Waals surface area contributed by atoms with Crippen molar-refractivity contribution in [1.82, 2.24) is 10.2 Å². The highest BCUT2D eigenvalue weighted by Crippen LogP contribution is 2.41. The molecule has 0 spiro atoms. The van der Waals surface area contributed by atoms with Gasteiger partial charge in [-0.05, 0) is 25.7 Å². The molecule has 0 aromatic rings. The average Bonchev–Trinajstić information content (AvgIpc) is 2.46. The summed E-state index contributed by atoms with van der Waals surface area (Å²) >= 11 is 0. The van der Waals surface area contributed by atoms with Crippen molar-refractivity contribution in [3.05, 3.63) is 0 Å². The van der Waals surface area contributed by atoms with Crippen LogP contribution in [0, 0.1) is 5.92 Å². The Labute approximate surface area is 88.4 Å². The summed E-state index contributed by atoms with van der Waals surface area (Å²) in [6.45, 7) is 2.46. The molecule has 1 amide bonds. The van der Waals surface area contributed by atoms with Gasteiger partial charge in [-0.25, -0.2) is 4.79 Å². The van der Waals surface area contributed by atoms with E-state index in [4.69, 9.17) is 5.11 Å². The molecule has 5 heteroatoms. The molecule has 3 atom stereocenters. The molecule has 2 rings (SSSR count). The van der Waals surface area contributed by atoms with Crippen LogP contribution in [-0.4, -0.2) is 40.6 Å². The van der Waals surface area contributed by atoms with Gasteiger partial charge in [0.25, 0.3) is 0 Å². The number of nitrogens with one attached hydrogen (secondary N) is 1. The van der Waals surface area contributed by atoms with Gasteiger partial charge in [-0.3, -0.25) is 15.0 Å². The van der Waals surface area contributed by atoms with Gasteiger partial charge in [0.15, 0.2) is 11.9 Å². The van der Waals surface area contributed by atoms with Crippen LogP contribution in [-0.2, 0) is 4.79 Å². The minimum Gasteiger partial charge on any atom is -0.465 e. The Morgan fingerprint density at radius 3 is 2.87 bits per heavy atom. The highest BCUT2D eigenvalue weighted by atomic mass is 16.4. The summed E-state index contributed by atoms with van der Waals surface area (Å²) < 4.78 is 0. The highest BCUT2D eigenvalue weighted by molar-refractivity contribution is 5.74. The number of rotatable bonds is 3. The fourth-order valence-electron chi connectivity index (χ4n) is 2.81. The van der Waals surface area contributed by atoms with E-state index < -0.39 is 11.8 Å². The van der Waals surface area contributed by atoms with Crippen molar-refractivity contribution >= 4 is 12.4 Å². The van der Waals surface area contributed by atoms with Crippen molar-refractivity contribution in [2.24, 2.45) is 5.92 Å². The maximum atomic E-state index is 11.0. The van der Waals surface area contributed by atoms with Gasteiger partial charge in [-0.15, -0.1) is 0 Å². The molecule has 0 aromatic carbocycles. The summed E-state index contributed by atoms with van der Waals surface area (Å²) in [5, 5.41) is 11.0. The Balaban J connectivity index is 2.06. The van der Waals surface area contributed by atoms with E-state index in [0.717, 1.165) is 13.0 Å². The molecule has 2 unspecified atom stereocenters. The second-order valence-corrected chi connectivity index (χ2v) is 4.61. The molecule has 0 bridgehead atoms. The number of hydrogen-bond acceptors (Lipinski definition) is 3. The molecule has 2 N–H and O–H groups in total. The van der Waals surface area contributed by atoms with Crippen LogP contribution < -0.4 is 5.32 Å². The fourth-order valence-corrected chi connectivity index (χ4v) is 2.81. The lowest BCUT2D eigenvalue weighted by Gasteiger charge is -2.52. The van der Waals surface area contributed by atoms with Crippen LogP contribution >= 0.6 is 0 Å². The van der Waals surface area contributed by atoms with E-state index in [2.05, 4.69) is 5.32 Å². The van der Waals surface area contributed by atoms with Gasteiger partial charge < -0.3 is 5.11 Å². The number of amides is 1. The zero-order valence-corrected chi connectivity index (χ0v) is 8.77. The quantitative estimate of drug-likeness (QED) is 0.674. The van der Waals surface area contributed by atoms with Crippen LogP contribution in [0.25, 0.3) is 0 Å². The molecule has 0 radical (unpaired) electrons. The van der Waals surface area contributed by atoms with Crippen LogP contribution in [0.1, 0.15) is 26.2 Å². The topological polar surface area (TPSA) is 69.6 Å². The number of likely N-dealkylation sites (tertiary alicyclic amines) is 1. The molecule has 2 aliphatic rings. The molecule has 5 nitrogen and oxygen atoms in total. The number of hydrogen-bond donors (Lipinski definition) is 2. The minimum atomic E-state index is -1.15. The number of carbonyl (C=O) groups excluding carboxylic acids is 1. The molecule has 15 heavy (non-hydrogen) atoms. The highest BCUT2D eigenvalue weighted by Gasteiger charge is 2.50. The van der Waals surface area contributed by atoms with Crippen molar-refractivity contribution in [3.8, 4) is 0 Å². The third-order valence-electron chi connectivity index (χ3n) is 3.64. The second kappa shape index (κ2) is 3.48. The summed E-state index contributed by atoms with van der Waals surface area (Å²) in [5.41, 5.74) is -1.04. The van der Waals surface area contributed by atoms with Gasteiger partial charge in [0, 0.05) is 12.6 Å². The summed E-state index contributed by atoms with van der Waals surface area (Å²) in [6, 6.07) is 0.395. The van der Waals surface area contributed by atoms with E-state index in [-0.39, 0.29) is 0 Å². The monoisotopic (exact) mass is 212 g/mol. The molecule has 0 aromatic heterocycles. The van der Waals surface area contributed by atoms with E-state index in [1.54, 1.807) is 6.92 Å². The van der Waals surface area contributed by atoms with Crippen LogP contribution in [0.15, 0.2) is 0 Å². The summed E-state index contributed by atoms with van der Waals surface area (Å²) in [5.74, 6) is 0.667. The van der Waals surface area contributed by atoms with Crippen molar-refractivity contribution < 1.29 is 14.7 Å². The van der Waals surface area contributed by atoms with E-state index in [0.29, 0.717) is 18.2 Å². The average molecular weight is 212 g/mol. The molecule has 84 valence electrons. The summed E-state index contributed by atoms with van der Waals surface area (Å²) in [4.78, 5) is 23.6. The smallest absolute Gasteiger partial charge is 0.406 e. The van der Waals surface area contributed by atoms with Crippen molar-refractivity contribution in [1.29, 1.82) is 0 Å². The van der Waals surface area contributed by atoms with Crippen LogP contribution in [0.5, 0.6) is 0 Å². The molecule has 1 aliphatic carbocycles. The van der Waals surface area contributed by atoms with Gasteiger partial charge >= 0.3 is 6.09 Å². The van der Waals surface area contributed by atoms with Gasteiger partial charge in [0.05, 0.1) is 0 Å². The zero-order chi connectivity index (χ0) is 11.1. The van der Waals surface area contributed by atoms with Crippen molar-refractivity contribution in [2.45, 2.75) is 37.9 Å². The normalized spacial score (nSPS) is 33.7. The Bertz CT molecular complexity index is 294. The van der Waals surface area contributed by atoms with Crippen LogP contribution in [0.3, 0.4) is 0 Å². The lowest BCUT2D eigenvalue weighted by Crippen LogP contribution is -2.70. The molecule has 1 heterocycles. The molecule has 1 saturated carbocycles. The minimum absolute atomic E-state index is 0.395. The lowest BCUT2D eigenvalue weighted by molar-refractivity contribution is -0.130. The van der Waals surface area contributed by atoms with Gasteiger partial charge in [-0.1, -0.05) is 6.42 Å². The standard InChI is InChI=1S/C10H16N2O3/c1-10(6-13,11-9(14)15)12-5-7-3-2-4-8(7)12/h6-8,11H,2-5H2,1H3,(H,14,15)/t7?,8?,10-/m1/s1. The van der Waals surface area contributed by atoms with Gasteiger partial charge in [0.1, 0.15) is 0 Å². The van der Waals surface area contributed by atoms with Crippen LogP contribution in [0.2, 0.25) is 0 Å². The first-order valence-corrected chi connectivity index (χ1v) is 5.31. The molecule has 2 fully saturated rings. The Hall–Kier alpha value is -1.10. The van der Waals surface area contributed by atoms with Gasteiger partial charge in [-0.2, -0.15) is 0 Å². The van der Waals surface area contributed by atoms with Crippen LogP contribution in [0.4, 0.5) is 4.79 Å². The Morgan fingerprint density at radius 1 is 1.60 bits per heavy atom. The maximum Gasteiger partial charge on any atom is 0.406 e. The van der Waals surface area contributed by atoms with E-state index in [1.807, 2.05) is 4.90 Å². The van der Waals surface area contributed by atoms with Gasteiger partial charge in [0.2, 0.25) is 0 Å². The number of fused-ring (bicyclic) bond motifs is 1. The van der Waals surface area contributed by atoms with E-state index >= 15 is 0 Å². The fraction of sp³-hybridized carbons (Fsp3) is 0.800. The van der Waals surface area contributed by atoms with Crippen molar-refractivity contribution in [3.63, 3.8) is 0 Å². The second-order valence-electron chi connectivity index (χ2n) is 4.61. The zero-order valence-electron chi connectivity index (χ0n) is 8.77. The van der Waals surface area contributed by atoms with E-state index in [1.165, 1.54) is 12.8 Å². The first-order chi connectivity index (χ1) is 7.07. The Kier molecular flexibility index (Phi) is 2.42. The largest absolute Gasteiger partial charge is 0.465 e. The number of carbonyl (C=O) groups is 2. The lowest BCUT2D eigenvalue weighted by atomic mass is 9.88. The summed E-state index contributed by atoms with van der Waals surface area (Å²) in [7, 11) is 0. The van der Waals surface area contributed by atoms with E-state index in [9.17, 15) is 9.59 Å². The van der Waals surface area contributed by atoms with Crippen molar-refractivity contribution in [2.75, 3.05) is 6.54 Å². The predicted octanol–water partition coefficient (Wildman–Crippen LogP) is 0.653. The number of aldehydes is 1. The first kappa shape index (κ1) is 10.4. The number of nitrogens with zero attached hydrogens (tertiary/aromatic N) is 1. The molecular formula is C10H16N2O3. The Morgan fingerprint density at radius 2 is 2.33 bits per heavy atom. The maximum absolute atomic E-state index is 11.0. The molecule has 1 saturated heterocycles. The first-order valence-electron chi connectivity index (χ1n) is 5.31. The summed E-state index contributed by atoms with van der Waals surface area (Å²) in [6.07, 6.45) is 3.02. The molecule has 1 aliphatic heterocycles. The SMILES string of the molecule is C[C@@](C=O)(NC(=O)O)N1CC2CCCC21. The number of carboxylic acid groups (broad SMARTS) is 1. The predicted molar refractivity (Wildman–Crippen MR) is 53.5 cm³/mol. The molecular weight excluding hydrogens is 196 g/mol. The third kappa shape index (κ3) is 1.61.